The minimum atomic E-state index is -0.548. The number of hydroxylamine groups is 2. The van der Waals surface area contributed by atoms with Gasteiger partial charge in [-0.1, -0.05) is 57.6 Å². The third kappa shape index (κ3) is 13.9. The summed E-state index contributed by atoms with van der Waals surface area (Å²) in [5, 5.41) is 2.30. The predicted molar refractivity (Wildman–Crippen MR) is 296 cm³/mol. The molecule has 72 heavy (non-hydrogen) atoms. The van der Waals surface area contributed by atoms with Crippen LogP contribution >= 0.6 is 55.1 Å². The number of allylic oxidation sites excluding steroid dienone is 1. The molecule has 0 saturated carbocycles. The van der Waals surface area contributed by atoms with E-state index in [9.17, 15) is 19.2 Å². The Hall–Kier alpha value is -4.68. The third-order valence-electron chi connectivity index (χ3n) is 12.0. The average molecular weight is 1160 g/mol. The first-order valence-corrected chi connectivity index (χ1v) is 25.0. The van der Waals surface area contributed by atoms with Gasteiger partial charge in [-0.25, -0.2) is 14.7 Å². The Labute approximate surface area is 452 Å². The Bertz CT molecular complexity index is 2710. The van der Waals surface area contributed by atoms with Gasteiger partial charge in [0.25, 0.3) is 5.91 Å². The molecule has 0 radical (unpaired) electrons. The highest BCUT2D eigenvalue weighted by molar-refractivity contribution is 9.10. The maximum absolute atomic E-state index is 13.4. The van der Waals surface area contributed by atoms with Crippen molar-refractivity contribution in [3.63, 3.8) is 0 Å². The first-order valence-electron chi connectivity index (χ1n) is 22.6. The van der Waals surface area contributed by atoms with Crippen molar-refractivity contribution in [2.24, 2.45) is 0 Å². The number of halogens is 4. The number of carbonyl (C=O) groups is 4. The van der Waals surface area contributed by atoms with Crippen LogP contribution in [-0.4, -0.2) is 136 Å². The lowest BCUT2D eigenvalue weighted by Crippen LogP contribution is -2.51. The van der Waals surface area contributed by atoms with Crippen molar-refractivity contribution in [2.45, 2.75) is 94.0 Å². The second-order valence-electron chi connectivity index (χ2n) is 19.2. The number of hydrogen-bond donors (Lipinski definition) is 0. The van der Waals surface area contributed by atoms with Crippen LogP contribution in [0.15, 0.2) is 69.9 Å². The Morgan fingerprint density at radius 2 is 1.00 bits per heavy atom. The summed E-state index contributed by atoms with van der Waals surface area (Å²) >= 11 is 19.8. The normalized spacial score (nSPS) is 17.6. The van der Waals surface area contributed by atoms with Gasteiger partial charge in [-0.2, -0.15) is 0 Å². The van der Waals surface area contributed by atoms with E-state index < -0.39 is 11.2 Å². The summed E-state index contributed by atoms with van der Waals surface area (Å²) in [4.78, 5) is 74.0. The van der Waals surface area contributed by atoms with E-state index in [1.165, 1.54) is 12.2 Å². The molecule has 0 spiro atoms. The van der Waals surface area contributed by atoms with E-state index in [0.717, 1.165) is 53.7 Å². The molecule has 2 aliphatic heterocycles. The predicted octanol–water partition coefficient (Wildman–Crippen LogP) is 12.5. The summed E-state index contributed by atoms with van der Waals surface area (Å²) in [5.41, 5.74) is 6.88. The number of Topliss-reactive ketones (excluding diaryl/α,β-unsaturated/α-hetero) is 1. The molecule has 2 atom stereocenters. The summed E-state index contributed by atoms with van der Waals surface area (Å²) in [6.45, 7) is 17.4. The number of fused-ring (bicyclic) bond motifs is 4. The molecule has 4 aliphatic rings. The topological polar surface area (TPSA) is 138 Å². The second kappa shape index (κ2) is 24.6. The lowest BCUT2D eigenvalue weighted by atomic mass is 9.92. The smallest absolute Gasteiger partial charge is 0.410 e. The van der Waals surface area contributed by atoms with Crippen molar-refractivity contribution in [3.05, 3.63) is 125 Å². The molecule has 3 amide bonds. The summed E-state index contributed by atoms with van der Waals surface area (Å²) in [7, 11) is 3.03. The van der Waals surface area contributed by atoms with Crippen LogP contribution in [0.5, 0.6) is 0 Å². The number of rotatable bonds is 5. The molecule has 14 nitrogen and oxygen atoms in total. The number of carbonyl (C=O) groups excluding carboxylic acids is 4. The number of aromatic nitrogens is 2. The molecule has 2 unspecified atom stereocenters. The van der Waals surface area contributed by atoms with E-state index in [0.29, 0.717) is 73.5 Å². The molecule has 8 rings (SSSR count). The molecule has 4 aromatic rings. The van der Waals surface area contributed by atoms with E-state index in [-0.39, 0.29) is 58.2 Å². The number of nitrogens with zero attached hydrogens (tertiary/aromatic N) is 7. The van der Waals surface area contributed by atoms with Crippen LogP contribution < -0.4 is 0 Å². The SMILES string of the molecule is C.C.C.CC(=O)C1=Cc2cc(Br)cnc2C(N2CCN(C(=O)OC(C)(C)C)CC2)c2ccc(Cl)cc21.CON(C)C(=O)C1=Cc2cc(Br)cnc2C(N2CCN(C(=O)OC(C)(C)C)CC2)c2ccc(Cl)cc21. The van der Waals surface area contributed by atoms with E-state index >= 15 is 0 Å². The Morgan fingerprint density at radius 3 is 1.36 bits per heavy atom. The van der Waals surface area contributed by atoms with Crippen molar-refractivity contribution in [2.75, 3.05) is 66.5 Å². The number of likely N-dealkylation sites (N-methyl/N-ethyl adjacent to an activating group) is 1. The molecule has 0 bridgehead atoms. The van der Waals surface area contributed by atoms with Crippen LogP contribution in [0.4, 0.5) is 9.59 Å². The van der Waals surface area contributed by atoms with E-state index in [1.54, 1.807) is 36.2 Å². The first-order chi connectivity index (χ1) is 32.5. The molecule has 2 aromatic carbocycles. The molecule has 2 aliphatic carbocycles. The van der Waals surface area contributed by atoms with Gasteiger partial charge in [-0.15, -0.1) is 0 Å². The average Bonchev–Trinajstić information content (AvgIpc) is 3.51. The summed E-state index contributed by atoms with van der Waals surface area (Å²) in [6.07, 6.45) is 6.69. The fraction of sp³-hybridized carbons (Fsp3) is 0.444. The number of ether oxygens (including phenoxy) is 2. The number of pyridine rings is 2. The highest BCUT2D eigenvalue weighted by atomic mass is 79.9. The van der Waals surface area contributed by atoms with Crippen molar-refractivity contribution >= 4 is 102 Å². The Kier molecular flexibility index (Phi) is 20.4. The van der Waals surface area contributed by atoms with Gasteiger partial charge in [-0.05, 0) is 162 Å². The highest BCUT2D eigenvalue weighted by Crippen LogP contribution is 2.43. The molecule has 18 heteroatoms. The van der Waals surface area contributed by atoms with Crippen molar-refractivity contribution < 1.29 is 33.5 Å². The molecule has 390 valence electrons. The maximum Gasteiger partial charge on any atom is 0.410 e. The molecule has 2 fully saturated rings. The molecule has 4 heterocycles. The molecule has 2 saturated heterocycles. The van der Waals surface area contributed by atoms with Gasteiger partial charge in [0.15, 0.2) is 5.78 Å². The minimum Gasteiger partial charge on any atom is -0.444 e. The number of ketones is 1. The maximum atomic E-state index is 13.4. The number of amides is 3. The zero-order valence-electron chi connectivity index (χ0n) is 40.2. The largest absolute Gasteiger partial charge is 0.444 e. The minimum absolute atomic E-state index is 0. The van der Waals surface area contributed by atoms with Gasteiger partial charge in [0.1, 0.15) is 11.2 Å². The molecule has 0 N–H and O–H groups in total. The van der Waals surface area contributed by atoms with Gasteiger partial charge >= 0.3 is 12.2 Å². The quantitative estimate of drug-likeness (QED) is 0.177. The van der Waals surface area contributed by atoms with Crippen LogP contribution in [0.1, 0.15) is 128 Å². The van der Waals surface area contributed by atoms with Crippen molar-refractivity contribution in [3.8, 4) is 0 Å². The van der Waals surface area contributed by atoms with Crippen LogP contribution in [0.2, 0.25) is 10.0 Å². The lowest BCUT2D eigenvalue weighted by Gasteiger charge is -2.40. The summed E-state index contributed by atoms with van der Waals surface area (Å²) in [5.74, 6) is -0.317. The Balaban J connectivity index is 0.000000301. The van der Waals surface area contributed by atoms with Gasteiger partial charge in [0.05, 0.1) is 36.2 Å². The Morgan fingerprint density at radius 1 is 0.625 bits per heavy atom. The van der Waals surface area contributed by atoms with Crippen LogP contribution in [0, 0.1) is 0 Å². The number of piperazine rings is 2. The van der Waals surface area contributed by atoms with Crippen molar-refractivity contribution in [1.82, 2.24) is 34.6 Å². The number of benzene rings is 2. The van der Waals surface area contributed by atoms with E-state index in [4.69, 9.17) is 47.5 Å². The monoisotopic (exact) mass is 1160 g/mol. The lowest BCUT2D eigenvalue weighted by molar-refractivity contribution is -0.161. The zero-order valence-corrected chi connectivity index (χ0v) is 44.9. The standard InChI is InChI=1S/C26H30BrClN4O4.C25H27BrClN3O3.3CH4/c1-26(2,3)36-25(34)32-10-8-31(9-11-32)23-19-7-6-18(28)14-20(19)21(24(33)30(4)35-5)13-16-12-17(27)15-29-22(16)23;1-15(31)20-12-16-11-17(26)14-28-22(16)23(19-6-5-18(27)13-21(19)20)29-7-9-30(10-8-29)24(32)33-25(2,3)4;;;/h6-7,12-15,23H,8-11H2,1-5H3;5-6,11-14,23H,7-10H2,1-4H3;3*1H4. The van der Waals surface area contributed by atoms with E-state index in [1.807, 2.05) is 102 Å². The fourth-order valence-electron chi connectivity index (χ4n) is 8.82. The second-order valence-corrected chi connectivity index (χ2v) is 21.9. The molecule has 2 aromatic heterocycles. The first kappa shape index (κ1) is 59.9. The van der Waals surface area contributed by atoms with Crippen LogP contribution in [0.25, 0.3) is 23.3 Å². The zero-order chi connectivity index (χ0) is 50.1. The van der Waals surface area contributed by atoms with Gasteiger partial charge in [0.2, 0.25) is 0 Å². The van der Waals surface area contributed by atoms with E-state index in [2.05, 4.69) is 41.7 Å². The highest BCUT2D eigenvalue weighted by Gasteiger charge is 2.38. The van der Waals surface area contributed by atoms with Crippen molar-refractivity contribution in [1.29, 1.82) is 0 Å². The van der Waals surface area contributed by atoms with Crippen LogP contribution in [-0.2, 0) is 23.9 Å². The summed E-state index contributed by atoms with van der Waals surface area (Å²) < 4.78 is 12.8. The summed E-state index contributed by atoms with van der Waals surface area (Å²) in [6, 6.07) is 14.8. The number of hydrogen-bond acceptors (Lipinski definition) is 11. The molecular weight excluding hydrogens is 1090 g/mol. The third-order valence-corrected chi connectivity index (χ3v) is 13.3. The van der Waals surface area contributed by atoms with Crippen LogP contribution in [0.3, 0.4) is 0 Å². The van der Waals surface area contributed by atoms with Gasteiger partial charge in [0, 0.05) is 96.4 Å². The van der Waals surface area contributed by atoms with Gasteiger partial charge < -0.3 is 19.3 Å². The fourth-order valence-corrected chi connectivity index (χ4v) is 9.86. The van der Waals surface area contributed by atoms with Gasteiger partial charge in [-0.3, -0.25) is 34.2 Å². The molecular formula is C54H69Br2Cl2N7O7.